The maximum absolute atomic E-state index is 8.56. The monoisotopic (exact) mass is 959 g/mol. The van der Waals surface area contributed by atoms with E-state index in [0.29, 0.717) is 6.42 Å². The van der Waals surface area contributed by atoms with Crippen molar-refractivity contribution in [3.8, 4) is 34.2 Å². The summed E-state index contributed by atoms with van der Waals surface area (Å²) in [5.41, 5.74) is 4.16. The Morgan fingerprint density at radius 2 is 1.00 bits per heavy atom. The minimum atomic E-state index is -0.375. The summed E-state index contributed by atoms with van der Waals surface area (Å²) in [4.78, 5) is 0. The molecule has 10 heteroatoms. The van der Waals surface area contributed by atoms with E-state index >= 15 is 0 Å². The van der Waals surface area contributed by atoms with Crippen LogP contribution in [-0.2, 0) is 40.2 Å². The van der Waals surface area contributed by atoms with Crippen molar-refractivity contribution in [1.82, 2.24) is 29.5 Å². The molecular formula is C35H37Ir2N6O2-. The number of aryl methyl sites for hydroxylation is 2. The number of aliphatic hydroxyl groups is 2. The molecule has 0 saturated carbocycles. The van der Waals surface area contributed by atoms with Gasteiger partial charge in [-0.05, 0) is 58.4 Å². The van der Waals surface area contributed by atoms with Crippen LogP contribution in [0.2, 0.25) is 0 Å². The smallest absolute Gasteiger partial charge is 0.168 e. The molecule has 0 spiro atoms. The Morgan fingerprint density at radius 1 is 0.578 bits per heavy atom. The van der Waals surface area contributed by atoms with E-state index in [1.165, 1.54) is 0 Å². The predicted molar refractivity (Wildman–Crippen MR) is 170 cm³/mol. The maximum atomic E-state index is 8.56. The molecule has 0 aliphatic rings. The molecule has 2 unspecified atom stereocenters. The fraction of sp³-hybridized carbons (Fsp3) is 0.200. The normalized spacial score (nSPS) is 11.3. The largest absolute Gasteiger partial charge is 0.393 e. The van der Waals surface area contributed by atoms with Crippen LogP contribution in [0.3, 0.4) is 0 Å². The molecule has 45 heavy (non-hydrogen) atoms. The number of hydrogen-bond acceptors (Lipinski definition) is 6. The Hall–Kier alpha value is -3.62. The van der Waals surface area contributed by atoms with Crippen molar-refractivity contribution in [1.29, 1.82) is 0 Å². The summed E-state index contributed by atoms with van der Waals surface area (Å²) in [5, 5.41) is 34.0. The van der Waals surface area contributed by atoms with Crippen molar-refractivity contribution in [3.05, 3.63) is 133 Å². The van der Waals surface area contributed by atoms with Gasteiger partial charge in [-0.1, -0.05) is 66.7 Å². The third kappa shape index (κ3) is 10.8. The summed E-state index contributed by atoms with van der Waals surface area (Å²) < 4.78 is 4.10. The predicted octanol–water partition coefficient (Wildman–Crippen LogP) is 6.42. The molecule has 0 bridgehead atoms. The van der Waals surface area contributed by atoms with E-state index in [-0.39, 0.29) is 52.4 Å². The van der Waals surface area contributed by atoms with Crippen molar-refractivity contribution >= 4 is 0 Å². The second-order valence-corrected chi connectivity index (χ2v) is 10.1. The van der Waals surface area contributed by atoms with Crippen LogP contribution in [0.4, 0.5) is 0 Å². The van der Waals surface area contributed by atoms with E-state index in [4.69, 9.17) is 10.2 Å². The summed E-state index contributed by atoms with van der Waals surface area (Å²) in [6, 6.07) is 41.3. The first-order valence-electron chi connectivity index (χ1n) is 14.2. The number of rotatable bonds is 6. The van der Waals surface area contributed by atoms with Gasteiger partial charge in [0.2, 0.25) is 0 Å². The van der Waals surface area contributed by atoms with Gasteiger partial charge >= 0.3 is 0 Å². The van der Waals surface area contributed by atoms with Gasteiger partial charge in [0, 0.05) is 57.1 Å². The minimum Gasteiger partial charge on any atom is -0.393 e. The minimum absolute atomic E-state index is 0. The average molecular weight is 958 g/mol. The van der Waals surface area contributed by atoms with Gasteiger partial charge in [-0.3, -0.25) is 4.57 Å². The first kappa shape index (κ1) is 37.6. The molecule has 238 valence electrons. The van der Waals surface area contributed by atoms with Crippen LogP contribution in [0.15, 0.2) is 115 Å². The fourth-order valence-corrected chi connectivity index (χ4v) is 4.47. The molecule has 0 aliphatic heterocycles. The second kappa shape index (κ2) is 19.0. The standard InChI is InChI=1S/C15H13N3.C15H12N3.C5H12O2.2Ir/c2*1-12-16-17-15(13-8-4-2-5-9-13)18(12)14-10-6-3-7-11-14;1-4(6)3-5(2)7;;/h2-11H,1H3;2-8,10-11H,1H3;4-7H,3H2,1-2H3;;/q;-1;;;. The van der Waals surface area contributed by atoms with E-state index < -0.39 is 0 Å². The summed E-state index contributed by atoms with van der Waals surface area (Å²) in [5.74, 6) is 3.45. The molecule has 4 aromatic carbocycles. The number of para-hydroxylation sites is 2. The SMILES string of the molecule is CC(O)CC(C)O.Cc1nnc(-c2[c-]cccc2)n1-c1ccccc1.Cc1nnc(-c2ccccc2)n1-c1ccccc1.[Ir].[Ir]. The van der Waals surface area contributed by atoms with E-state index in [0.717, 1.165) is 45.8 Å². The summed E-state index contributed by atoms with van der Waals surface area (Å²) in [6.45, 7) is 7.23. The first-order valence-corrected chi connectivity index (χ1v) is 14.2. The zero-order chi connectivity index (χ0) is 30.6. The third-order valence-corrected chi connectivity index (χ3v) is 6.34. The molecule has 2 heterocycles. The van der Waals surface area contributed by atoms with Crippen molar-refractivity contribution in [2.45, 2.75) is 46.3 Å². The summed E-state index contributed by atoms with van der Waals surface area (Å²) in [7, 11) is 0. The van der Waals surface area contributed by atoms with Gasteiger partial charge in [0.1, 0.15) is 11.6 Å². The zero-order valence-corrected chi connectivity index (χ0v) is 30.4. The number of benzene rings is 4. The summed E-state index contributed by atoms with van der Waals surface area (Å²) in [6.07, 6.45) is -0.278. The molecule has 6 rings (SSSR count). The fourth-order valence-electron chi connectivity index (χ4n) is 4.47. The Labute approximate surface area is 291 Å². The Morgan fingerprint density at radius 3 is 1.42 bits per heavy atom. The van der Waals surface area contributed by atoms with E-state index in [2.05, 4.69) is 43.2 Å². The van der Waals surface area contributed by atoms with Crippen molar-refractivity contribution in [3.63, 3.8) is 0 Å². The Kier molecular flexibility index (Phi) is 15.9. The first-order chi connectivity index (χ1) is 20.8. The van der Waals surface area contributed by atoms with Crippen LogP contribution < -0.4 is 0 Å². The van der Waals surface area contributed by atoms with Crippen LogP contribution >= 0.6 is 0 Å². The van der Waals surface area contributed by atoms with Crippen LogP contribution in [0.5, 0.6) is 0 Å². The van der Waals surface area contributed by atoms with Crippen LogP contribution in [0.1, 0.15) is 31.9 Å². The molecule has 8 nitrogen and oxygen atoms in total. The molecule has 2 N–H and O–H groups in total. The van der Waals surface area contributed by atoms with Gasteiger partial charge < -0.3 is 14.8 Å². The molecular weight excluding hydrogens is 921 g/mol. The van der Waals surface area contributed by atoms with Gasteiger partial charge in [0.05, 0.1) is 18.0 Å². The van der Waals surface area contributed by atoms with Crippen LogP contribution in [-0.4, -0.2) is 51.9 Å². The second-order valence-electron chi connectivity index (χ2n) is 10.1. The van der Waals surface area contributed by atoms with E-state index in [1.807, 2.05) is 122 Å². The van der Waals surface area contributed by atoms with E-state index in [1.54, 1.807) is 13.8 Å². The van der Waals surface area contributed by atoms with E-state index in [9.17, 15) is 0 Å². The molecule has 2 atom stereocenters. The quantitative estimate of drug-likeness (QED) is 0.187. The van der Waals surface area contributed by atoms with Gasteiger partial charge in [-0.2, -0.15) is 5.10 Å². The third-order valence-electron chi connectivity index (χ3n) is 6.34. The number of aromatic nitrogens is 6. The Bertz CT molecular complexity index is 1540. The molecule has 2 radical (unpaired) electrons. The molecule has 0 amide bonds. The van der Waals surface area contributed by atoms with Gasteiger partial charge in [-0.25, -0.2) is 0 Å². The molecule has 0 aliphatic carbocycles. The van der Waals surface area contributed by atoms with Crippen molar-refractivity contribution in [2.24, 2.45) is 0 Å². The molecule has 2 aromatic heterocycles. The zero-order valence-electron chi connectivity index (χ0n) is 25.6. The molecule has 0 saturated heterocycles. The average Bonchev–Trinajstić information content (AvgIpc) is 3.61. The maximum Gasteiger partial charge on any atom is 0.168 e. The number of nitrogens with zero attached hydrogens (tertiary/aromatic N) is 6. The molecule has 6 aromatic rings. The topological polar surface area (TPSA) is 102 Å². The molecule has 0 fully saturated rings. The van der Waals surface area contributed by atoms with Crippen LogP contribution in [0.25, 0.3) is 34.2 Å². The van der Waals surface area contributed by atoms with Crippen molar-refractivity contribution < 1.29 is 50.4 Å². The summed E-state index contributed by atoms with van der Waals surface area (Å²) >= 11 is 0. The van der Waals surface area contributed by atoms with Gasteiger partial charge in [0.25, 0.3) is 0 Å². The number of aliphatic hydroxyl groups excluding tert-OH is 2. The van der Waals surface area contributed by atoms with Crippen LogP contribution in [0, 0.1) is 19.9 Å². The number of hydrogen-bond donors (Lipinski definition) is 2. The Balaban J connectivity index is 0.000000251. The van der Waals surface area contributed by atoms with Gasteiger partial charge in [-0.15, -0.1) is 51.2 Å². The van der Waals surface area contributed by atoms with Crippen molar-refractivity contribution in [2.75, 3.05) is 0 Å². The van der Waals surface area contributed by atoms with Gasteiger partial charge in [0.15, 0.2) is 5.82 Å².